The molecule has 2 aromatic rings. The zero-order valence-electron chi connectivity index (χ0n) is 11.4. The van der Waals surface area contributed by atoms with Crippen molar-refractivity contribution in [2.24, 2.45) is 0 Å². The highest BCUT2D eigenvalue weighted by Crippen LogP contribution is 2.29. The quantitative estimate of drug-likeness (QED) is 0.786. The van der Waals surface area contributed by atoms with E-state index in [0.717, 1.165) is 34.2 Å². The summed E-state index contributed by atoms with van der Waals surface area (Å²) < 4.78 is 0. The molecule has 1 unspecified atom stereocenters. The molecule has 0 fully saturated rings. The Bertz CT molecular complexity index is 522. The fourth-order valence-electron chi connectivity index (χ4n) is 1.82. The summed E-state index contributed by atoms with van der Waals surface area (Å²) in [4.78, 5) is 9.31. The zero-order valence-corrected chi connectivity index (χ0v) is 13.0. The highest BCUT2D eigenvalue weighted by atomic mass is 35.5. The topological polar surface area (TPSA) is 37.8 Å². The molecule has 0 spiro atoms. The Labute approximate surface area is 129 Å². The van der Waals surface area contributed by atoms with Crippen molar-refractivity contribution < 1.29 is 0 Å². The highest BCUT2D eigenvalue weighted by Gasteiger charge is 2.12. The van der Waals surface area contributed by atoms with Crippen LogP contribution in [0.1, 0.15) is 24.9 Å². The lowest BCUT2D eigenvalue weighted by Crippen LogP contribution is -2.24. The van der Waals surface area contributed by atoms with E-state index in [-0.39, 0.29) is 6.04 Å². The summed E-state index contributed by atoms with van der Waals surface area (Å²) in [5.74, 6) is 0.900. The van der Waals surface area contributed by atoms with E-state index in [1.54, 1.807) is 18.1 Å². The number of hydrogen-bond donors (Lipinski definition) is 1. The Morgan fingerprint density at radius 1 is 1.25 bits per heavy atom. The lowest BCUT2D eigenvalue weighted by Gasteiger charge is -2.18. The van der Waals surface area contributed by atoms with Crippen molar-refractivity contribution in [1.82, 2.24) is 15.3 Å². The van der Waals surface area contributed by atoms with Gasteiger partial charge in [0.25, 0.3) is 0 Å². The van der Waals surface area contributed by atoms with E-state index in [0.29, 0.717) is 0 Å². The van der Waals surface area contributed by atoms with Gasteiger partial charge in [0.1, 0.15) is 6.33 Å². The molecule has 0 aliphatic rings. The van der Waals surface area contributed by atoms with Gasteiger partial charge < -0.3 is 5.32 Å². The van der Waals surface area contributed by atoms with Gasteiger partial charge in [0.15, 0.2) is 0 Å². The van der Waals surface area contributed by atoms with Crippen LogP contribution in [-0.2, 0) is 0 Å². The molecule has 0 bridgehead atoms. The number of hydrogen-bond acceptors (Lipinski definition) is 4. The second-order valence-electron chi connectivity index (χ2n) is 4.42. The predicted octanol–water partition coefficient (Wildman–Crippen LogP) is 3.96. The highest BCUT2D eigenvalue weighted by molar-refractivity contribution is 7.99. The first-order chi connectivity index (χ1) is 9.81. The van der Waals surface area contributed by atoms with Gasteiger partial charge in [-0.25, -0.2) is 9.97 Å². The van der Waals surface area contributed by atoms with Crippen molar-refractivity contribution in [3.63, 3.8) is 0 Å². The van der Waals surface area contributed by atoms with Gasteiger partial charge in [-0.2, -0.15) is 0 Å². The molecule has 5 heteroatoms. The molecule has 1 atom stereocenters. The van der Waals surface area contributed by atoms with Crippen molar-refractivity contribution in [3.8, 4) is 0 Å². The third-order valence-electron chi connectivity index (χ3n) is 2.87. The monoisotopic (exact) mass is 307 g/mol. The third-order valence-corrected chi connectivity index (χ3v) is 4.47. The number of thioether (sulfide) groups is 1. The summed E-state index contributed by atoms with van der Waals surface area (Å²) in [6.45, 7) is 3.13. The van der Waals surface area contributed by atoms with Crippen LogP contribution in [0, 0.1) is 0 Å². The van der Waals surface area contributed by atoms with Crippen LogP contribution in [0.4, 0.5) is 0 Å². The summed E-state index contributed by atoms with van der Waals surface area (Å²) in [5.41, 5.74) is 1.11. The number of rotatable bonds is 7. The Hall–Kier alpha value is -1.10. The predicted molar refractivity (Wildman–Crippen MR) is 85.2 cm³/mol. The minimum absolute atomic E-state index is 0.234. The minimum atomic E-state index is 0.234. The first kappa shape index (κ1) is 15.3. The molecule has 106 valence electrons. The van der Waals surface area contributed by atoms with Gasteiger partial charge in [-0.3, -0.25) is 0 Å². The molecule has 0 aliphatic carbocycles. The van der Waals surface area contributed by atoms with E-state index in [4.69, 9.17) is 11.6 Å². The average molecular weight is 308 g/mol. The maximum Gasteiger partial charge on any atom is 0.115 e. The second kappa shape index (κ2) is 8.25. The Morgan fingerprint density at radius 2 is 2.00 bits per heavy atom. The molecule has 0 radical (unpaired) electrons. The molecular weight excluding hydrogens is 290 g/mol. The van der Waals surface area contributed by atoms with Crippen molar-refractivity contribution in [1.29, 1.82) is 0 Å². The van der Waals surface area contributed by atoms with E-state index >= 15 is 0 Å². The van der Waals surface area contributed by atoms with Crippen LogP contribution >= 0.6 is 23.4 Å². The van der Waals surface area contributed by atoms with Crippen LogP contribution in [0.15, 0.2) is 47.9 Å². The van der Waals surface area contributed by atoms with Gasteiger partial charge >= 0.3 is 0 Å². The molecule has 0 saturated heterocycles. The van der Waals surface area contributed by atoms with Gasteiger partial charge in [-0.1, -0.05) is 30.7 Å². The molecule has 1 heterocycles. The minimum Gasteiger partial charge on any atom is -0.309 e. The SMILES string of the molecule is CCCNC(CSc1ccccc1Cl)c1cncnc1. The van der Waals surface area contributed by atoms with Gasteiger partial charge in [-0.05, 0) is 25.1 Å². The smallest absolute Gasteiger partial charge is 0.115 e. The number of aromatic nitrogens is 2. The van der Waals surface area contributed by atoms with Crippen LogP contribution < -0.4 is 5.32 Å². The Kier molecular flexibility index (Phi) is 6.30. The van der Waals surface area contributed by atoms with Gasteiger partial charge in [0, 0.05) is 34.6 Å². The normalized spacial score (nSPS) is 12.3. The molecule has 20 heavy (non-hydrogen) atoms. The molecule has 2 rings (SSSR count). The summed E-state index contributed by atoms with van der Waals surface area (Å²) in [6, 6.07) is 8.16. The average Bonchev–Trinajstić information content (AvgIpc) is 2.50. The Balaban J connectivity index is 2.03. The first-order valence-corrected chi connectivity index (χ1v) is 8.03. The van der Waals surface area contributed by atoms with E-state index < -0.39 is 0 Å². The summed E-state index contributed by atoms with van der Waals surface area (Å²) in [7, 11) is 0. The molecule has 0 aliphatic heterocycles. The fourth-order valence-corrected chi connectivity index (χ4v) is 3.15. The standard InChI is InChI=1S/C15H18ClN3S/c1-2-7-19-14(12-8-17-11-18-9-12)10-20-15-6-4-3-5-13(15)16/h3-6,8-9,11,14,19H,2,7,10H2,1H3. The van der Waals surface area contributed by atoms with Gasteiger partial charge in [0.05, 0.1) is 5.02 Å². The third kappa shape index (κ3) is 4.47. The molecular formula is C15H18ClN3S. The van der Waals surface area contributed by atoms with Crippen molar-refractivity contribution >= 4 is 23.4 Å². The molecule has 0 amide bonds. The number of benzene rings is 1. The van der Waals surface area contributed by atoms with Crippen molar-refractivity contribution in [2.45, 2.75) is 24.3 Å². The number of halogens is 1. The van der Waals surface area contributed by atoms with Crippen molar-refractivity contribution in [3.05, 3.63) is 53.6 Å². The van der Waals surface area contributed by atoms with Gasteiger partial charge in [0.2, 0.25) is 0 Å². The molecule has 3 nitrogen and oxygen atoms in total. The van der Waals surface area contributed by atoms with E-state index in [2.05, 4.69) is 22.2 Å². The number of nitrogens with zero attached hydrogens (tertiary/aromatic N) is 2. The first-order valence-electron chi connectivity index (χ1n) is 6.67. The van der Waals surface area contributed by atoms with Crippen LogP contribution in [0.5, 0.6) is 0 Å². The molecule has 1 N–H and O–H groups in total. The second-order valence-corrected chi connectivity index (χ2v) is 5.89. The van der Waals surface area contributed by atoms with Gasteiger partial charge in [-0.15, -0.1) is 11.8 Å². The molecule has 1 aromatic heterocycles. The van der Waals surface area contributed by atoms with Crippen LogP contribution in [-0.4, -0.2) is 22.3 Å². The van der Waals surface area contributed by atoms with E-state index in [1.165, 1.54) is 0 Å². The van der Waals surface area contributed by atoms with Crippen molar-refractivity contribution in [2.75, 3.05) is 12.3 Å². The van der Waals surface area contributed by atoms with E-state index in [9.17, 15) is 0 Å². The van der Waals surface area contributed by atoms with E-state index in [1.807, 2.05) is 36.7 Å². The summed E-state index contributed by atoms with van der Waals surface area (Å²) in [5, 5.41) is 4.33. The molecule has 1 aromatic carbocycles. The lowest BCUT2D eigenvalue weighted by molar-refractivity contribution is 0.574. The maximum absolute atomic E-state index is 6.19. The number of nitrogens with one attached hydrogen (secondary N) is 1. The lowest BCUT2D eigenvalue weighted by atomic mass is 10.2. The maximum atomic E-state index is 6.19. The summed E-state index contributed by atoms with van der Waals surface area (Å²) >= 11 is 7.94. The fraction of sp³-hybridized carbons (Fsp3) is 0.333. The zero-order chi connectivity index (χ0) is 14.2. The van der Waals surface area contributed by atoms with Crippen LogP contribution in [0.25, 0.3) is 0 Å². The van der Waals surface area contributed by atoms with Crippen LogP contribution in [0.3, 0.4) is 0 Å². The summed E-state index contributed by atoms with van der Waals surface area (Å²) in [6.07, 6.45) is 6.39. The molecule has 0 saturated carbocycles. The largest absolute Gasteiger partial charge is 0.309 e. The Morgan fingerprint density at radius 3 is 2.70 bits per heavy atom. The van der Waals surface area contributed by atoms with Crippen LogP contribution in [0.2, 0.25) is 5.02 Å².